The van der Waals surface area contributed by atoms with Crippen LogP contribution in [0.3, 0.4) is 0 Å². The first-order valence-electron chi connectivity index (χ1n) is 8.80. The highest BCUT2D eigenvalue weighted by atomic mass is 16.4. The minimum Gasteiger partial charge on any atom is -0.478 e. The molecule has 1 amide bonds. The average molecular weight is 372 g/mol. The Balaban J connectivity index is 0.000000244. The second-order valence-electron chi connectivity index (χ2n) is 6.39. The van der Waals surface area contributed by atoms with Gasteiger partial charge in [0.1, 0.15) is 0 Å². The molecule has 7 heteroatoms. The Morgan fingerprint density at radius 1 is 0.963 bits per heavy atom. The molecule has 0 bridgehead atoms. The standard InChI is InChI=1S/C14H15NO3.C6H9NO2/c1-10-2-4-11(5-3-10)13(16)15-8-6-12(7-9-15)14(17)18;8-6(9)5-1-3-7-4-2-5/h2-6H,7-9H2,1H3,(H,17,18);1,7H,2-4H2,(H,8,9). The third kappa shape index (κ3) is 6.07. The van der Waals surface area contributed by atoms with E-state index in [0.717, 1.165) is 12.1 Å². The van der Waals surface area contributed by atoms with E-state index in [9.17, 15) is 14.4 Å². The SMILES string of the molecule is Cc1ccc(C(=O)N2CC=C(C(=O)O)CC2)cc1.O=C(O)C1=CCNCC1. The third-order valence-corrected chi connectivity index (χ3v) is 4.41. The van der Waals surface area contributed by atoms with Gasteiger partial charge in [-0.25, -0.2) is 9.59 Å². The van der Waals surface area contributed by atoms with E-state index in [0.29, 0.717) is 49.2 Å². The molecule has 0 saturated heterocycles. The first-order chi connectivity index (χ1) is 12.9. The Hall–Kier alpha value is -2.93. The number of aliphatic carboxylic acids is 2. The summed E-state index contributed by atoms with van der Waals surface area (Å²) in [6.45, 7) is 4.29. The Morgan fingerprint density at radius 3 is 2.04 bits per heavy atom. The molecule has 144 valence electrons. The van der Waals surface area contributed by atoms with Crippen molar-refractivity contribution >= 4 is 17.8 Å². The molecule has 2 aliphatic rings. The van der Waals surface area contributed by atoms with Crippen molar-refractivity contribution < 1.29 is 24.6 Å². The fourth-order valence-corrected chi connectivity index (χ4v) is 2.74. The molecule has 2 aliphatic heterocycles. The fraction of sp³-hybridized carbons (Fsp3) is 0.350. The molecule has 0 unspecified atom stereocenters. The molecular formula is C20H24N2O5. The number of carbonyl (C=O) groups excluding carboxylic acids is 1. The van der Waals surface area contributed by atoms with Crippen molar-refractivity contribution in [2.45, 2.75) is 19.8 Å². The number of hydrogen-bond donors (Lipinski definition) is 3. The lowest BCUT2D eigenvalue weighted by Gasteiger charge is -2.25. The van der Waals surface area contributed by atoms with Crippen molar-refractivity contribution in [3.05, 3.63) is 58.7 Å². The summed E-state index contributed by atoms with van der Waals surface area (Å²) in [7, 11) is 0. The largest absolute Gasteiger partial charge is 0.478 e. The molecule has 0 fully saturated rings. The van der Waals surface area contributed by atoms with Gasteiger partial charge in [0.05, 0.1) is 0 Å². The molecule has 3 N–H and O–H groups in total. The van der Waals surface area contributed by atoms with Crippen molar-refractivity contribution in [1.29, 1.82) is 0 Å². The van der Waals surface area contributed by atoms with Gasteiger partial charge in [-0.1, -0.05) is 29.8 Å². The van der Waals surface area contributed by atoms with E-state index >= 15 is 0 Å². The molecule has 0 atom stereocenters. The Labute approximate surface area is 158 Å². The van der Waals surface area contributed by atoms with Gasteiger partial charge in [0.2, 0.25) is 0 Å². The second-order valence-corrected chi connectivity index (χ2v) is 6.39. The molecular weight excluding hydrogens is 348 g/mol. The van der Waals surface area contributed by atoms with Crippen molar-refractivity contribution in [2.75, 3.05) is 26.2 Å². The highest BCUT2D eigenvalue weighted by Gasteiger charge is 2.20. The Kier molecular flexibility index (Phi) is 7.31. The summed E-state index contributed by atoms with van der Waals surface area (Å²) in [6.07, 6.45) is 4.38. The van der Waals surface area contributed by atoms with Crippen LogP contribution in [0.5, 0.6) is 0 Å². The summed E-state index contributed by atoms with van der Waals surface area (Å²) in [5.74, 6) is -1.72. The van der Waals surface area contributed by atoms with Gasteiger partial charge in [-0.2, -0.15) is 0 Å². The molecule has 7 nitrogen and oxygen atoms in total. The van der Waals surface area contributed by atoms with Crippen LogP contribution < -0.4 is 5.32 Å². The van der Waals surface area contributed by atoms with Crippen LogP contribution in [0.1, 0.15) is 28.8 Å². The number of carboxylic acid groups (broad SMARTS) is 2. The second kappa shape index (κ2) is 9.68. The van der Waals surface area contributed by atoms with E-state index in [4.69, 9.17) is 10.2 Å². The number of rotatable bonds is 3. The number of carboxylic acids is 2. The number of hydrogen-bond acceptors (Lipinski definition) is 4. The maximum atomic E-state index is 12.1. The molecule has 0 aliphatic carbocycles. The van der Waals surface area contributed by atoms with Crippen molar-refractivity contribution in [1.82, 2.24) is 10.2 Å². The lowest BCUT2D eigenvalue weighted by molar-refractivity contribution is -0.133. The molecule has 0 radical (unpaired) electrons. The van der Waals surface area contributed by atoms with Crippen LogP contribution in [0, 0.1) is 6.92 Å². The Morgan fingerprint density at radius 2 is 1.59 bits per heavy atom. The third-order valence-electron chi connectivity index (χ3n) is 4.41. The first kappa shape index (κ1) is 20.4. The minimum absolute atomic E-state index is 0.0457. The van der Waals surface area contributed by atoms with Gasteiger partial charge in [0.15, 0.2) is 0 Å². The highest BCUT2D eigenvalue weighted by Crippen LogP contribution is 2.14. The van der Waals surface area contributed by atoms with Crippen molar-refractivity contribution in [3.8, 4) is 0 Å². The van der Waals surface area contributed by atoms with Gasteiger partial charge >= 0.3 is 11.9 Å². The van der Waals surface area contributed by atoms with E-state index in [-0.39, 0.29) is 5.91 Å². The van der Waals surface area contributed by atoms with Crippen LogP contribution in [-0.4, -0.2) is 59.1 Å². The molecule has 0 aromatic heterocycles. The van der Waals surface area contributed by atoms with Gasteiger partial charge < -0.3 is 20.4 Å². The van der Waals surface area contributed by atoms with E-state index in [1.54, 1.807) is 29.2 Å². The van der Waals surface area contributed by atoms with Gasteiger partial charge in [-0.05, 0) is 38.4 Å². The van der Waals surface area contributed by atoms with E-state index in [1.807, 2.05) is 19.1 Å². The summed E-state index contributed by atoms with van der Waals surface area (Å²) in [5.41, 5.74) is 2.68. The van der Waals surface area contributed by atoms with Crippen LogP contribution in [0.2, 0.25) is 0 Å². The van der Waals surface area contributed by atoms with Crippen molar-refractivity contribution in [3.63, 3.8) is 0 Å². The Bertz CT molecular complexity index is 765. The highest BCUT2D eigenvalue weighted by molar-refractivity contribution is 5.95. The number of amides is 1. The zero-order valence-electron chi connectivity index (χ0n) is 15.3. The van der Waals surface area contributed by atoms with Gasteiger partial charge in [0, 0.05) is 36.3 Å². The normalized spacial score (nSPS) is 16.4. The molecule has 27 heavy (non-hydrogen) atoms. The quantitative estimate of drug-likeness (QED) is 0.747. The smallest absolute Gasteiger partial charge is 0.331 e. The van der Waals surface area contributed by atoms with Crippen LogP contribution in [0.15, 0.2) is 47.6 Å². The van der Waals surface area contributed by atoms with Gasteiger partial charge in [-0.15, -0.1) is 0 Å². The molecule has 2 heterocycles. The van der Waals surface area contributed by atoms with Crippen LogP contribution >= 0.6 is 0 Å². The fourth-order valence-electron chi connectivity index (χ4n) is 2.74. The molecule has 0 saturated carbocycles. The lowest BCUT2D eigenvalue weighted by atomic mass is 10.1. The van der Waals surface area contributed by atoms with E-state index in [1.165, 1.54) is 0 Å². The topological polar surface area (TPSA) is 107 Å². The summed E-state index contributed by atoms with van der Waals surface area (Å²) >= 11 is 0. The zero-order chi connectivity index (χ0) is 19.8. The lowest BCUT2D eigenvalue weighted by Crippen LogP contribution is -2.35. The predicted octanol–water partition coefficient (Wildman–Crippen LogP) is 1.84. The molecule has 0 spiro atoms. The van der Waals surface area contributed by atoms with Crippen molar-refractivity contribution in [2.24, 2.45) is 0 Å². The zero-order valence-corrected chi connectivity index (χ0v) is 15.3. The monoisotopic (exact) mass is 372 g/mol. The van der Waals surface area contributed by atoms with Gasteiger partial charge in [0.25, 0.3) is 5.91 Å². The molecule has 3 rings (SSSR count). The summed E-state index contributed by atoms with van der Waals surface area (Å²) < 4.78 is 0. The van der Waals surface area contributed by atoms with Gasteiger partial charge in [-0.3, -0.25) is 4.79 Å². The molecule has 1 aromatic carbocycles. The molecule has 1 aromatic rings. The number of carbonyl (C=O) groups is 3. The van der Waals surface area contributed by atoms with E-state index in [2.05, 4.69) is 5.32 Å². The number of nitrogens with zero attached hydrogens (tertiary/aromatic N) is 1. The summed E-state index contributed by atoms with van der Waals surface area (Å²) in [4.78, 5) is 34.8. The van der Waals surface area contributed by atoms with Crippen LogP contribution in [-0.2, 0) is 9.59 Å². The average Bonchev–Trinajstić information content (AvgIpc) is 2.69. The number of nitrogens with one attached hydrogen (secondary N) is 1. The van der Waals surface area contributed by atoms with Crippen LogP contribution in [0.4, 0.5) is 0 Å². The maximum absolute atomic E-state index is 12.1. The minimum atomic E-state index is -0.891. The first-order valence-corrected chi connectivity index (χ1v) is 8.80. The number of aryl methyl sites for hydroxylation is 1. The van der Waals surface area contributed by atoms with E-state index < -0.39 is 11.9 Å². The summed E-state index contributed by atoms with van der Waals surface area (Å²) in [6, 6.07) is 7.40. The summed E-state index contributed by atoms with van der Waals surface area (Å²) in [5, 5.41) is 20.3. The maximum Gasteiger partial charge on any atom is 0.331 e. The van der Waals surface area contributed by atoms with Crippen LogP contribution in [0.25, 0.3) is 0 Å². The predicted molar refractivity (Wildman–Crippen MR) is 101 cm³/mol. The number of benzene rings is 1.